The van der Waals surface area contributed by atoms with E-state index < -0.39 is 30.4 Å². The summed E-state index contributed by atoms with van der Waals surface area (Å²) in [6.07, 6.45) is -1.93. The van der Waals surface area contributed by atoms with Gasteiger partial charge in [0.25, 0.3) is 0 Å². The molecule has 1 atom stereocenters. The average Bonchev–Trinajstić information content (AvgIpc) is 3.41. The first kappa shape index (κ1) is 21.9. The average molecular weight is 448 g/mol. The lowest BCUT2D eigenvalue weighted by Crippen LogP contribution is -2.35. The number of ketones is 1. The Morgan fingerprint density at radius 2 is 2.06 bits per heavy atom. The highest BCUT2D eigenvalue weighted by atomic mass is 19.4. The topological polar surface area (TPSA) is 90.5 Å². The van der Waals surface area contributed by atoms with Crippen molar-refractivity contribution in [2.24, 2.45) is 5.73 Å². The van der Waals surface area contributed by atoms with Gasteiger partial charge in [0, 0.05) is 17.7 Å². The van der Waals surface area contributed by atoms with E-state index in [1.807, 2.05) is 0 Å². The number of hydrogen-bond acceptors (Lipinski definition) is 5. The Bertz CT molecular complexity index is 1100. The van der Waals surface area contributed by atoms with Crippen LogP contribution in [0.5, 0.6) is 5.75 Å². The number of hydrogen-bond donors (Lipinski definition) is 1. The minimum Gasteiger partial charge on any atom is -0.496 e. The molecular weight excluding hydrogens is 425 g/mol. The van der Waals surface area contributed by atoms with Crippen molar-refractivity contribution in [1.29, 1.82) is 0 Å². The molecule has 2 fully saturated rings. The number of methoxy groups -OCH3 is 1. The second-order valence-electron chi connectivity index (χ2n) is 8.03. The molecule has 1 unspecified atom stereocenters. The largest absolute Gasteiger partial charge is 0.496 e. The fraction of sp³-hybridized carbons (Fsp3) is 0.409. The number of aromatic nitrogens is 2. The number of Topliss-reactive ketones (excluding diaryl/α,β-unsaturated/α-hetero) is 1. The third-order valence-corrected chi connectivity index (χ3v) is 5.95. The molecule has 1 saturated carbocycles. The van der Waals surface area contributed by atoms with Crippen molar-refractivity contribution in [2.75, 3.05) is 13.7 Å². The number of carbonyl (C=O) groups is 2. The summed E-state index contributed by atoms with van der Waals surface area (Å²) >= 11 is 0. The summed E-state index contributed by atoms with van der Waals surface area (Å²) < 4.78 is 46.7. The molecule has 10 heteroatoms. The van der Waals surface area contributed by atoms with Crippen LogP contribution in [-0.2, 0) is 22.3 Å². The molecule has 1 aromatic heterocycles. The second-order valence-corrected chi connectivity index (χ2v) is 8.03. The van der Waals surface area contributed by atoms with E-state index in [1.165, 1.54) is 12.0 Å². The number of amides is 1. The van der Waals surface area contributed by atoms with Gasteiger partial charge in [0.2, 0.25) is 5.91 Å². The number of ether oxygens (including phenoxy) is 1. The van der Waals surface area contributed by atoms with E-state index in [4.69, 9.17) is 10.5 Å². The van der Waals surface area contributed by atoms with Crippen molar-refractivity contribution >= 4 is 11.7 Å². The highest BCUT2D eigenvalue weighted by molar-refractivity contribution is 6.03. The van der Waals surface area contributed by atoms with Gasteiger partial charge in [0.1, 0.15) is 18.0 Å². The first-order chi connectivity index (χ1) is 15.2. The fourth-order valence-electron chi connectivity index (χ4n) is 4.14. The standard InChI is InChI=1S/C22H23F3N4O3/c1-12-14(4-3-5-18(12)32-2)21-15(9-26)17(30)10-28(21)20(31)11-29-19(22(23,24)25)8-16(27-29)13-6-7-13/h3-5,8-9,13,21H,6-7,10-11,26H2,1-2H3. The van der Waals surface area contributed by atoms with Gasteiger partial charge in [-0.05, 0) is 43.0 Å². The Balaban J connectivity index is 1.69. The summed E-state index contributed by atoms with van der Waals surface area (Å²) in [5, 5.41) is 4.06. The van der Waals surface area contributed by atoms with Crippen LogP contribution in [0.15, 0.2) is 36.0 Å². The predicted octanol–water partition coefficient (Wildman–Crippen LogP) is 3.09. The van der Waals surface area contributed by atoms with Crippen molar-refractivity contribution in [3.63, 3.8) is 0 Å². The number of halogens is 3. The van der Waals surface area contributed by atoms with Crippen molar-refractivity contribution < 1.29 is 27.5 Å². The maximum Gasteiger partial charge on any atom is 0.433 e. The van der Waals surface area contributed by atoms with E-state index in [0.717, 1.165) is 25.1 Å². The van der Waals surface area contributed by atoms with E-state index in [2.05, 4.69) is 5.10 Å². The number of carbonyl (C=O) groups excluding carboxylic acids is 2. The Morgan fingerprint density at radius 1 is 1.34 bits per heavy atom. The number of nitrogens with zero attached hydrogens (tertiary/aromatic N) is 3. The summed E-state index contributed by atoms with van der Waals surface area (Å²) in [5.41, 5.74) is 6.60. The van der Waals surface area contributed by atoms with Gasteiger partial charge < -0.3 is 15.4 Å². The Labute approximate surface area is 182 Å². The van der Waals surface area contributed by atoms with Crippen LogP contribution in [0.2, 0.25) is 0 Å². The normalized spacial score (nSPS) is 20.3. The molecule has 2 N–H and O–H groups in total. The molecule has 2 aliphatic rings. The highest BCUT2D eigenvalue weighted by Gasteiger charge is 2.42. The van der Waals surface area contributed by atoms with Crippen LogP contribution >= 0.6 is 0 Å². The van der Waals surface area contributed by atoms with Crippen molar-refractivity contribution in [3.05, 3.63) is 58.6 Å². The Morgan fingerprint density at radius 3 is 2.66 bits per heavy atom. The molecule has 2 heterocycles. The van der Waals surface area contributed by atoms with Crippen LogP contribution < -0.4 is 10.5 Å². The summed E-state index contributed by atoms with van der Waals surface area (Å²) in [7, 11) is 1.50. The van der Waals surface area contributed by atoms with E-state index in [1.54, 1.807) is 25.1 Å². The number of benzene rings is 1. The predicted molar refractivity (Wildman–Crippen MR) is 109 cm³/mol. The summed E-state index contributed by atoms with van der Waals surface area (Å²) in [5.74, 6) is -0.451. The lowest BCUT2D eigenvalue weighted by atomic mass is 9.95. The number of likely N-dealkylation sites (tertiary alicyclic amines) is 1. The molecule has 32 heavy (non-hydrogen) atoms. The van der Waals surface area contributed by atoms with Crippen LogP contribution in [0, 0.1) is 6.92 Å². The summed E-state index contributed by atoms with van der Waals surface area (Å²) in [6, 6.07) is 5.40. The lowest BCUT2D eigenvalue weighted by Gasteiger charge is -2.27. The van der Waals surface area contributed by atoms with Gasteiger partial charge >= 0.3 is 6.18 Å². The molecule has 2 aromatic rings. The molecule has 0 bridgehead atoms. The van der Waals surface area contributed by atoms with E-state index in [0.29, 0.717) is 27.3 Å². The molecule has 0 radical (unpaired) electrons. The molecule has 1 aromatic carbocycles. The lowest BCUT2D eigenvalue weighted by molar-refractivity contribution is -0.146. The Kier molecular flexibility index (Phi) is 5.47. The quantitative estimate of drug-likeness (QED) is 0.710. The molecule has 4 rings (SSSR count). The van der Waals surface area contributed by atoms with Gasteiger partial charge in [-0.3, -0.25) is 14.3 Å². The van der Waals surface area contributed by atoms with Crippen LogP contribution in [0.25, 0.3) is 0 Å². The summed E-state index contributed by atoms with van der Waals surface area (Å²) in [4.78, 5) is 27.0. The van der Waals surface area contributed by atoms with Gasteiger partial charge in [0.05, 0.1) is 25.4 Å². The zero-order valence-electron chi connectivity index (χ0n) is 17.6. The van der Waals surface area contributed by atoms with Crippen molar-refractivity contribution in [1.82, 2.24) is 14.7 Å². The van der Waals surface area contributed by atoms with E-state index >= 15 is 0 Å². The number of nitrogens with two attached hydrogens (primary N) is 1. The van der Waals surface area contributed by atoms with Gasteiger partial charge in [-0.1, -0.05) is 12.1 Å². The minimum atomic E-state index is -4.65. The summed E-state index contributed by atoms with van der Waals surface area (Å²) in [6.45, 7) is 0.873. The third kappa shape index (κ3) is 3.85. The maximum atomic E-state index is 13.6. The van der Waals surface area contributed by atoms with E-state index in [9.17, 15) is 22.8 Å². The van der Waals surface area contributed by atoms with Crippen LogP contribution in [0.4, 0.5) is 13.2 Å². The number of alkyl halides is 3. The SMILES string of the molecule is COc1cccc(C2C(=CN)C(=O)CN2C(=O)Cn2nc(C3CC3)cc2C(F)(F)F)c1C. The molecule has 1 saturated heterocycles. The smallest absolute Gasteiger partial charge is 0.433 e. The highest BCUT2D eigenvalue weighted by Crippen LogP contribution is 2.42. The van der Waals surface area contributed by atoms with Crippen LogP contribution in [0.3, 0.4) is 0 Å². The fourth-order valence-corrected chi connectivity index (χ4v) is 4.14. The molecular formula is C22H23F3N4O3. The molecule has 1 aliphatic heterocycles. The zero-order chi connectivity index (χ0) is 23.2. The number of rotatable bonds is 5. The van der Waals surface area contributed by atoms with Crippen LogP contribution in [-0.4, -0.2) is 40.0 Å². The maximum absolute atomic E-state index is 13.6. The van der Waals surface area contributed by atoms with Crippen molar-refractivity contribution in [3.8, 4) is 5.75 Å². The van der Waals surface area contributed by atoms with Crippen molar-refractivity contribution in [2.45, 2.75) is 44.4 Å². The van der Waals surface area contributed by atoms with Gasteiger partial charge in [-0.15, -0.1) is 0 Å². The van der Waals surface area contributed by atoms with Gasteiger partial charge in [-0.25, -0.2) is 0 Å². The van der Waals surface area contributed by atoms with Gasteiger partial charge in [-0.2, -0.15) is 18.3 Å². The second kappa shape index (κ2) is 7.99. The molecule has 170 valence electrons. The molecule has 7 nitrogen and oxygen atoms in total. The molecule has 1 amide bonds. The van der Waals surface area contributed by atoms with Gasteiger partial charge in [0.15, 0.2) is 5.78 Å². The van der Waals surface area contributed by atoms with Crippen LogP contribution in [0.1, 0.15) is 47.3 Å². The Hall–Kier alpha value is -3.30. The van der Waals surface area contributed by atoms with E-state index in [-0.39, 0.29) is 23.8 Å². The minimum absolute atomic E-state index is 0.000209. The monoisotopic (exact) mass is 448 g/mol. The third-order valence-electron chi connectivity index (χ3n) is 5.95. The first-order valence-corrected chi connectivity index (χ1v) is 10.2. The molecule has 1 aliphatic carbocycles. The zero-order valence-corrected chi connectivity index (χ0v) is 17.6. The first-order valence-electron chi connectivity index (χ1n) is 10.2. The molecule has 0 spiro atoms.